The van der Waals surface area contributed by atoms with E-state index in [-0.39, 0.29) is 10.9 Å². The summed E-state index contributed by atoms with van der Waals surface area (Å²) in [5.41, 5.74) is 2.12. The third-order valence-corrected chi connectivity index (χ3v) is 4.10. The van der Waals surface area contributed by atoms with Gasteiger partial charge in [0.25, 0.3) is 0 Å². The number of carbonyl (C=O) groups excluding carboxylic acids is 1. The number of aryl methyl sites for hydroxylation is 1. The third-order valence-electron chi connectivity index (χ3n) is 3.15. The van der Waals surface area contributed by atoms with Gasteiger partial charge in [0.15, 0.2) is 0 Å². The molecule has 8 heteroatoms. The fourth-order valence-electron chi connectivity index (χ4n) is 2.15. The van der Waals surface area contributed by atoms with Crippen LogP contribution in [0.5, 0.6) is 0 Å². The zero-order valence-corrected chi connectivity index (χ0v) is 14.0. The summed E-state index contributed by atoms with van der Waals surface area (Å²) in [5.74, 6) is -0.608. The Hall–Kier alpha value is -2.22. The van der Waals surface area contributed by atoms with E-state index in [1.807, 2.05) is 19.9 Å². The lowest BCUT2D eigenvalue weighted by Crippen LogP contribution is -2.37. The van der Waals surface area contributed by atoms with Crippen LogP contribution in [-0.2, 0) is 17.2 Å². The highest BCUT2D eigenvalue weighted by molar-refractivity contribution is 7.84. The summed E-state index contributed by atoms with van der Waals surface area (Å²) >= 11 is 0. The molecule has 1 heterocycles. The van der Waals surface area contributed by atoms with Crippen molar-refractivity contribution >= 4 is 22.5 Å². The van der Waals surface area contributed by atoms with Crippen molar-refractivity contribution < 1.29 is 13.4 Å². The maximum absolute atomic E-state index is 13.7. The number of urea groups is 1. The van der Waals surface area contributed by atoms with Gasteiger partial charge in [-0.15, -0.1) is 0 Å². The Bertz CT molecular complexity index is 732. The minimum atomic E-state index is -1.40. The zero-order chi connectivity index (χ0) is 17.0. The molecule has 0 saturated heterocycles. The molecule has 0 spiro atoms. The van der Waals surface area contributed by atoms with Crippen LogP contribution in [0.1, 0.15) is 18.3 Å². The van der Waals surface area contributed by atoms with Gasteiger partial charge in [0.05, 0.1) is 21.4 Å². The molecule has 1 aromatic heterocycles. The molecule has 0 saturated carbocycles. The summed E-state index contributed by atoms with van der Waals surface area (Å²) in [7, 11) is -1.40. The lowest BCUT2D eigenvalue weighted by Gasteiger charge is -2.14. The second kappa shape index (κ2) is 7.36. The lowest BCUT2D eigenvalue weighted by atomic mass is 10.2. The van der Waals surface area contributed by atoms with E-state index in [2.05, 4.69) is 20.8 Å². The number of halogens is 1. The number of nitrogens with zero attached hydrogens (tertiary/aromatic N) is 1. The van der Waals surface area contributed by atoms with Crippen molar-refractivity contribution in [2.24, 2.45) is 0 Å². The number of hydrogen-bond donors (Lipinski definition) is 3. The molecule has 0 radical (unpaired) electrons. The molecule has 3 N–H and O–H groups in total. The largest absolute Gasteiger partial charge is 0.335 e. The van der Waals surface area contributed by atoms with Crippen LogP contribution in [0, 0.1) is 12.7 Å². The first-order valence-electron chi connectivity index (χ1n) is 7.06. The molecule has 0 aliphatic rings. The molecule has 0 unspecified atom stereocenters. The molecular weight excluding hydrogens is 319 g/mol. The van der Waals surface area contributed by atoms with Gasteiger partial charge in [0.2, 0.25) is 0 Å². The number of hydrogen-bond acceptors (Lipinski definition) is 3. The molecule has 2 amide bonds. The highest BCUT2D eigenvalue weighted by atomic mass is 32.2. The molecule has 124 valence electrons. The number of aromatic nitrogens is 2. The Morgan fingerprint density at radius 1 is 1.43 bits per heavy atom. The zero-order valence-electron chi connectivity index (χ0n) is 13.1. The quantitative estimate of drug-likeness (QED) is 0.782. The molecule has 2 atom stereocenters. The van der Waals surface area contributed by atoms with Gasteiger partial charge >= 0.3 is 6.03 Å². The summed E-state index contributed by atoms with van der Waals surface area (Å²) in [4.78, 5) is 12.0. The molecule has 0 aliphatic carbocycles. The van der Waals surface area contributed by atoms with Crippen LogP contribution in [-0.4, -0.2) is 32.7 Å². The van der Waals surface area contributed by atoms with Crippen molar-refractivity contribution in [1.82, 2.24) is 15.5 Å². The molecule has 2 rings (SSSR count). The van der Waals surface area contributed by atoms with Gasteiger partial charge in [-0.25, -0.2) is 9.18 Å². The van der Waals surface area contributed by atoms with Crippen molar-refractivity contribution in [3.8, 4) is 0 Å². The van der Waals surface area contributed by atoms with Crippen molar-refractivity contribution in [2.45, 2.75) is 31.2 Å². The van der Waals surface area contributed by atoms with Gasteiger partial charge in [-0.05, 0) is 38.1 Å². The Kier molecular flexibility index (Phi) is 5.49. The summed E-state index contributed by atoms with van der Waals surface area (Å²) in [6, 6.07) is 5.41. The van der Waals surface area contributed by atoms with Gasteiger partial charge in [-0.1, -0.05) is 0 Å². The number of nitrogens with one attached hydrogen (secondary N) is 3. The topological polar surface area (TPSA) is 86.9 Å². The smallest absolute Gasteiger partial charge is 0.319 e. The second-order valence-electron chi connectivity index (χ2n) is 5.35. The van der Waals surface area contributed by atoms with Gasteiger partial charge in [-0.3, -0.25) is 9.31 Å². The summed E-state index contributed by atoms with van der Waals surface area (Å²) < 4.78 is 25.0. The van der Waals surface area contributed by atoms with E-state index in [0.29, 0.717) is 12.1 Å². The van der Waals surface area contributed by atoms with Crippen molar-refractivity contribution in [2.75, 3.05) is 11.6 Å². The highest BCUT2D eigenvalue weighted by Crippen LogP contribution is 2.17. The van der Waals surface area contributed by atoms with Gasteiger partial charge in [0.1, 0.15) is 5.82 Å². The normalized spacial score (nSPS) is 13.4. The maximum atomic E-state index is 13.7. The summed E-state index contributed by atoms with van der Waals surface area (Å²) in [5, 5.41) is 12.3. The fourth-order valence-corrected chi connectivity index (χ4v) is 2.74. The number of amides is 2. The monoisotopic (exact) mass is 338 g/mol. The number of rotatable bonds is 5. The molecule has 23 heavy (non-hydrogen) atoms. The number of anilines is 1. The second-order valence-corrected chi connectivity index (χ2v) is 6.69. The van der Waals surface area contributed by atoms with Crippen LogP contribution in [0.3, 0.4) is 0 Å². The van der Waals surface area contributed by atoms with E-state index in [9.17, 15) is 13.4 Å². The predicted octanol–water partition coefficient (Wildman–Crippen LogP) is 2.35. The Morgan fingerprint density at radius 2 is 2.17 bits per heavy atom. The minimum absolute atomic E-state index is 0.109. The standard InChI is InChI=1S/C15H19FN4O2S/c1-9(6-12-7-10(2)19-20-12)17-15(21)18-11-4-5-14(23(3)22)13(16)8-11/h4-5,7-9H,6H2,1-3H3,(H,19,20)(H2,17,18,21)/t9-,23-/m1/s1. The van der Waals surface area contributed by atoms with Crippen LogP contribution in [0.25, 0.3) is 0 Å². The number of benzene rings is 1. The van der Waals surface area contributed by atoms with Crippen LogP contribution in [0.4, 0.5) is 14.9 Å². The van der Waals surface area contributed by atoms with E-state index in [0.717, 1.165) is 17.5 Å². The van der Waals surface area contributed by atoms with Gasteiger partial charge < -0.3 is 10.6 Å². The van der Waals surface area contributed by atoms with E-state index >= 15 is 0 Å². The SMILES string of the molecule is Cc1cc(C[C@@H](C)NC(=O)Nc2ccc([S@@](C)=O)c(F)c2)n[nH]1. The molecule has 6 nitrogen and oxygen atoms in total. The molecular formula is C15H19FN4O2S. The van der Waals surface area contributed by atoms with Gasteiger partial charge in [0, 0.05) is 30.1 Å². The fraction of sp³-hybridized carbons (Fsp3) is 0.333. The lowest BCUT2D eigenvalue weighted by molar-refractivity contribution is 0.249. The first-order valence-corrected chi connectivity index (χ1v) is 8.62. The Balaban J connectivity index is 1.91. The van der Waals surface area contributed by atoms with E-state index in [1.54, 1.807) is 0 Å². The molecule has 0 bridgehead atoms. The van der Waals surface area contributed by atoms with Crippen molar-refractivity contribution in [1.29, 1.82) is 0 Å². The van der Waals surface area contributed by atoms with Crippen molar-refractivity contribution in [3.05, 3.63) is 41.5 Å². The van der Waals surface area contributed by atoms with E-state index in [1.165, 1.54) is 18.4 Å². The van der Waals surface area contributed by atoms with Crippen LogP contribution >= 0.6 is 0 Å². The number of H-pyrrole nitrogens is 1. The van der Waals surface area contributed by atoms with Crippen LogP contribution in [0.2, 0.25) is 0 Å². The third kappa shape index (κ3) is 4.88. The Labute approximate surface area is 136 Å². The van der Waals surface area contributed by atoms with Gasteiger partial charge in [-0.2, -0.15) is 5.10 Å². The Morgan fingerprint density at radius 3 is 2.74 bits per heavy atom. The minimum Gasteiger partial charge on any atom is -0.335 e. The summed E-state index contributed by atoms with van der Waals surface area (Å²) in [6.45, 7) is 3.76. The summed E-state index contributed by atoms with van der Waals surface area (Å²) in [6.07, 6.45) is 1.98. The maximum Gasteiger partial charge on any atom is 0.319 e. The van der Waals surface area contributed by atoms with Crippen LogP contribution < -0.4 is 10.6 Å². The van der Waals surface area contributed by atoms with Crippen molar-refractivity contribution in [3.63, 3.8) is 0 Å². The average molecular weight is 338 g/mol. The van der Waals surface area contributed by atoms with E-state index < -0.39 is 22.6 Å². The van der Waals surface area contributed by atoms with Crippen LogP contribution in [0.15, 0.2) is 29.2 Å². The molecule has 0 fully saturated rings. The average Bonchev–Trinajstić information content (AvgIpc) is 2.83. The van der Waals surface area contributed by atoms with E-state index in [4.69, 9.17) is 0 Å². The molecule has 1 aromatic carbocycles. The number of aromatic amines is 1. The molecule has 2 aromatic rings. The predicted molar refractivity (Wildman–Crippen MR) is 87.4 cm³/mol. The first kappa shape index (κ1) is 17.1. The number of carbonyl (C=O) groups is 1. The highest BCUT2D eigenvalue weighted by Gasteiger charge is 2.12. The molecule has 0 aliphatic heterocycles. The first-order chi connectivity index (χ1) is 10.8.